The first kappa shape index (κ1) is 17.0. The van der Waals surface area contributed by atoms with Gasteiger partial charge in [-0.2, -0.15) is 0 Å². The molecule has 116 valence electrons. The molecule has 4 heteroatoms. The van der Waals surface area contributed by atoms with E-state index in [0.717, 1.165) is 32.1 Å². The molecule has 1 aliphatic rings. The molecule has 1 N–H and O–H groups in total. The van der Waals surface area contributed by atoms with Crippen molar-refractivity contribution >= 4 is 11.9 Å². The van der Waals surface area contributed by atoms with Gasteiger partial charge in [0.05, 0.1) is 6.61 Å². The number of esters is 1. The maximum absolute atomic E-state index is 12.3. The fourth-order valence-electron chi connectivity index (χ4n) is 2.59. The van der Waals surface area contributed by atoms with E-state index in [2.05, 4.69) is 19.2 Å². The second-order valence-electron chi connectivity index (χ2n) is 5.71. The van der Waals surface area contributed by atoms with Crippen molar-refractivity contribution in [3.8, 4) is 0 Å². The summed E-state index contributed by atoms with van der Waals surface area (Å²) in [6, 6.07) is -0.415. The normalized spacial score (nSPS) is 19.7. The summed E-state index contributed by atoms with van der Waals surface area (Å²) in [6.45, 7) is 4.76. The topological polar surface area (TPSA) is 55.4 Å². The van der Waals surface area contributed by atoms with E-state index in [9.17, 15) is 9.59 Å². The summed E-state index contributed by atoms with van der Waals surface area (Å²) >= 11 is 0. The molecule has 1 fully saturated rings. The number of carbonyl (C=O) groups is 2. The summed E-state index contributed by atoms with van der Waals surface area (Å²) in [4.78, 5) is 23.7. The van der Waals surface area contributed by atoms with E-state index in [1.165, 1.54) is 19.3 Å². The Bertz CT molecular complexity index is 304. The highest BCUT2D eigenvalue weighted by atomic mass is 16.5. The second-order valence-corrected chi connectivity index (χ2v) is 5.71. The number of unbranched alkanes of at least 4 members (excludes halogenated alkanes) is 4. The van der Waals surface area contributed by atoms with Crippen LogP contribution in [-0.4, -0.2) is 24.5 Å². The minimum atomic E-state index is -0.415. The van der Waals surface area contributed by atoms with Gasteiger partial charge in [-0.1, -0.05) is 52.4 Å². The largest absolute Gasteiger partial charge is 0.464 e. The number of ether oxygens (including phenoxy) is 1. The molecule has 1 aliphatic heterocycles. The predicted molar refractivity (Wildman–Crippen MR) is 79.3 cm³/mol. The number of nitrogens with one attached hydrogen (secondary N) is 1. The van der Waals surface area contributed by atoms with Gasteiger partial charge >= 0.3 is 5.97 Å². The van der Waals surface area contributed by atoms with Crippen LogP contribution in [0.3, 0.4) is 0 Å². The summed E-state index contributed by atoms with van der Waals surface area (Å²) in [5.74, 6) is -0.183. The minimum absolute atomic E-state index is 0.0406. The Morgan fingerprint density at radius 3 is 2.50 bits per heavy atom. The monoisotopic (exact) mass is 283 g/mol. The SMILES string of the molecule is CCCCCCC(CCCC)C(=O)NC1CCOC1=O. The quantitative estimate of drug-likeness (QED) is 0.495. The molecule has 0 bridgehead atoms. The fraction of sp³-hybridized carbons (Fsp3) is 0.875. The Morgan fingerprint density at radius 1 is 1.20 bits per heavy atom. The van der Waals surface area contributed by atoms with Gasteiger partial charge in [0.15, 0.2) is 0 Å². The standard InChI is InChI=1S/C16H29NO3/c1-3-5-7-8-10-13(9-6-4-2)15(18)17-14-11-12-20-16(14)19/h13-14H,3-12H2,1-2H3,(H,17,18). The number of hydrogen-bond acceptors (Lipinski definition) is 3. The molecule has 2 unspecified atom stereocenters. The van der Waals surface area contributed by atoms with Crippen molar-refractivity contribution in [2.75, 3.05) is 6.61 Å². The van der Waals surface area contributed by atoms with Crippen molar-refractivity contribution in [2.45, 2.75) is 77.7 Å². The maximum atomic E-state index is 12.3. The molecule has 1 amide bonds. The summed E-state index contributed by atoms with van der Waals surface area (Å²) in [5, 5.41) is 2.87. The van der Waals surface area contributed by atoms with Gasteiger partial charge in [-0.25, -0.2) is 4.79 Å². The van der Waals surface area contributed by atoms with Gasteiger partial charge in [0.2, 0.25) is 5.91 Å². The van der Waals surface area contributed by atoms with Gasteiger partial charge < -0.3 is 10.1 Å². The molecule has 20 heavy (non-hydrogen) atoms. The van der Waals surface area contributed by atoms with Crippen molar-refractivity contribution in [1.82, 2.24) is 5.32 Å². The molecule has 0 aromatic rings. The van der Waals surface area contributed by atoms with Gasteiger partial charge in [-0.05, 0) is 12.8 Å². The van der Waals surface area contributed by atoms with Crippen LogP contribution in [-0.2, 0) is 14.3 Å². The molecule has 1 rings (SSSR count). The zero-order chi connectivity index (χ0) is 14.8. The van der Waals surface area contributed by atoms with Gasteiger partial charge in [-0.15, -0.1) is 0 Å². The molecule has 0 spiro atoms. The van der Waals surface area contributed by atoms with Crippen LogP contribution in [0.25, 0.3) is 0 Å². The highest BCUT2D eigenvalue weighted by Gasteiger charge is 2.30. The van der Waals surface area contributed by atoms with Crippen molar-refractivity contribution in [1.29, 1.82) is 0 Å². The molecule has 2 atom stereocenters. The van der Waals surface area contributed by atoms with E-state index in [4.69, 9.17) is 4.74 Å². The lowest BCUT2D eigenvalue weighted by atomic mass is 9.94. The van der Waals surface area contributed by atoms with Crippen molar-refractivity contribution < 1.29 is 14.3 Å². The summed E-state index contributed by atoms with van der Waals surface area (Å²) < 4.78 is 4.89. The van der Waals surface area contributed by atoms with Crippen LogP contribution in [0.15, 0.2) is 0 Å². The Labute approximate surface area is 122 Å². The van der Waals surface area contributed by atoms with E-state index in [1.807, 2.05) is 0 Å². The van der Waals surface area contributed by atoms with Crippen LogP contribution in [0, 0.1) is 5.92 Å². The van der Waals surface area contributed by atoms with Gasteiger partial charge in [0, 0.05) is 12.3 Å². The Balaban J connectivity index is 2.39. The highest BCUT2D eigenvalue weighted by molar-refractivity contribution is 5.86. The van der Waals surface area contributed by atoms with Crippen molar-refractivity contribution in [3.05, 3.63) is 0 Å². The van der Waals surface area contributed by atoms with E-state index in [1.54, 1.807) is 0 Å². The lowest BCUT2D eigenvalue weighted by Crippen LogP contribution is -2.41. The predicted octanol–water partition coefficient (Wildman–Crippen LogP) is 3.19. The molecule has 4 nitrogen and oxygen atoms in total. The van der Waals surface area contributed by atoms with Crippen LogP contribution >= 0.6 is 0 Å². The average molecular weight is 283 g/mol. The summed E-state index contributed by atoms with van der Waals surface area (Å²) in [7, 11) is 0. The highest BCUT2D eigenvalue weighted by Crippen LogP contribution is 2.18. The zero-order valence-electron chi connectivity index (χ0n) is 13.0. The van der Waals surface area contributed by atoms with Crippen LogP contribution in [0.5, 0.6) is 0 Å². The smallest absolute Gasteiger partial charge is 0.328 e. The second kappa shape index (κ2) is 9.78. The summed E-state index contributed by atoms with van der Waals surface area (Å²) in [5.41, 5.74) is 0. The minimum Gasteiger partial charge on any atom is -0.464 e. The van der Waals surface area contributed by atoms with Crippen LogP contribution in [0.4, 0.5) is 0 Å². The zero-order valence-corrected chi connectivity index (χ0v) is 13.0. The molecule has 1 saturated heterocycles. The lowest BCUT2D eigenvalue weighted by Gasteiger charge is -2.18. The van der Waals surface area contributed by atoms with Gasteiger partial charge in [-0.3, -0.25) is 4.79 Å². The van der Waals surface area contributed by atoms with Crippen LogP contribution in [0.2, 0.25) is 0 Å². The first-order valence-corrected chi connectivity index (χ1v) is 8.16. The lowest BCUT2D eigenvalue weighted by molar-refractivity contribution is -0.142. The van der Waals surface area contributed by atoms with Gasteiger partial charge in [0.25, 0.3) is 0 Å². The molecule has 0 radical (unpaired) electrons. The Morgan fingerprint density at radius 2 is 1.90 bits per heavy atom. The number of cyclic esters (lactones) is 1. The first-order valence-electron chi connectivity index (χ1n) is 8.16. The summed E-state index contributed by atoms with van der Waals surface area (Å²) in [6.07, 6.45) is 9.38. The third-order valence-electron chi connectivity index (χ3n) is 3.93. The van der Waals surface area contributed by atoms with E-state index >= 15 is 0 Å². The number of rotatable bonds is 10. The first-order chi connectivity index (χ1) is 9.69. The Kier molecular flexibility index (Phi) is 8.31. The van der Waals surface area contributed by atoms with Crippen LogP contribution < -0.4 is 5.32 Å². The van der Waals surface area contributed by atoms with Crippen molar-refractivity contribution in [2.24, 2.45) is 5.92 Å². The number of hydrogen-bond donors (Lipinski definition) is 1. The third kappa shape index (κ3) is 5.93. The van der Waals surface area contributed by atoms with Crippen molar-refractivity contribution in [3.63, 3.8) is 0 Å². The average Bonchev–Trinajstić information content (AvgIpc) is 2.83. The maximum Gasteiger partial charge on any atom is 0.328 e. The van der Waals surface area contributed by atoms with Gasteiger partial charge in [0.1, 0.15) is 6.04 Å². The number of amides is 1. The molecule has 1 heterocycles. The molecule has 0 aliphatic carbocycles. The van der Waals surface area contributed by atoms with E-state index in [0.29, 0.717) is 13.0 Å². The van der Waals surface area contributed by atoms with E-state index in [-0.39, 0.29) is 17.8 Å². The van der Waals surface area contributed by atoms with Crippen LogP contribution in [0.1, 0.15) is 71.6 Å². The van der Waals surface area contributed by atoms with E-state index < -0.39 is 6.04 Å². The molecule has 0 saturated carbocycles. The number of carbonyl (C=O) groups excluding carboxylic acids is 2. The molecule has 0 aromatic heterocycles. The molecular weight excluding hydrogens is 254 g/mol. The molecular formula is C16H29NO3. The Hall–Kier alpha value is -1.06. The fourth-order valence-corrected chi connectivity index (χ4v) is 2.59. The molecule has 0 aromatic carbocycles. The third-order valence-corrected chi connectivity index (χ3v) is 3.93.